The zero-order valence-electron chi connectivity index (χ0n) is 5.34. The van der Waals surface area contributed by atoms with Gasteiger partial charge in [-0.1, -0.05) is 0 Å². The third kappa shape index (κ3) is 1.94. The summed E-state index contributed by atoms with van der Waals surface area (Å²) in [6.45, 7) is 0. The minimum Gasteiger partial charge on any atom is -0.505 e. The van der Waals surface area contributed by atoms with E-state index in [1.54, 1.807) is 0 Å². The normalized spacial score (nSPS) is 8.91. The maximum absolute atomic E-state index is 12.3. The molecule has 1 aromatic rings. The van der Waals surface area contributed by atoms with Crippen LogP contribution in [0.15, 0.2) is 12.1 Å². The third-order valence-electron chi connectivity index (χ3n) is 1.07. The lowest BCUT2D eigenvalue weighted by atomic mass is 10.3. The van der Waals surface area contributed by atoms with Crippen molar-refractivity contribution in [1.29, 1.82) is 0 Å². The molecule has 0 fully saturated rings. The number of aromatic hydroxyl groups is 1. The summed E-state index contributed by atoms with van der Waals surface area (Å²) < 4.78 is 24.6. The molecule has 0 unspecified atom stereocenters. The molecule has 2 nitrogen and oxygen atoms in total. The van der Waals surface area contributed by atoms with Gasteiger partial charge in [0.15, 0.2) is 11.6 Å². The molecule has 1 rings (SSSR count). The van der Waals surface area contributed by atoms with Crippen LogP contribution in [0, 0.1) is 11.6 Å². The van der Waals surface area contributed by atoms with Gasteiger partial charge in [-0.3, -0.25) is 0 Å². The Bertz CT molecular complexity index is 217. The number of anilines is 1. The third-order valence-corrected chi connectivity index (χ3v) is 1.07. The van der Waals surface area contributed by atoms with E-state index in [9.17, 15) is 8.78 Å². The molecule has 0 saturated carbocycles. The average Bonchev–Trinajstić information content (AvgIpc) is 1.84. The minimum atomic E-state index is -0.918. The maximum Gasteiger partial charge on any atom is 0.167 e. The van der Waals surface area contributed by atoms with E-state index >= 15 is 0 Å². The first-order valence-electron chi connectivity index (χ1n) is 2.54. The van der Waals surface area contributed by atoms with Crippen LogP contribution in [-0.2, 0) is 0 Å². The Kier molecular flexibility index (Phi) is 3.07. The Morgan fingerprint density at radius 3 is 2.18 bits per heavy atom. The van der Waals surface area contributed by atoms with Gasteiger partial charge in [-0.15, -0.1) is 12.4 Å². The lowest BCUT2D eigenvalue weighted by molar-refractivity contribution is 0.427. The first-order chi connectivity index (χ1) is 4.61. The Morgan fingerprint density at radius 1 is 1.18 bits per heavy atom. The predicted molar refractivity (Wildman–Crippen MR) is 39.7 cm³/mol. The fourth-order valence-electron chi connectivity index (χ4n) is 0.552. The highest BCUT2D eigenvalue weighted by molar-refractivity contribution is 5.85. The number of rotatable bonds is 0. The second kappa shape index (κ2) is 3.39. The number of nitrogens with two attached hydrogens (primary N) is 1. The minimum absolute atomic E-state index is 0. The molecule has 0 radical (unpaired) electrons. The molecule has 0 heterocycles. The Balaban J connectivity index is 0.000001000. The van der Waals surface area contributed by atoms with E-state index in [1.165, 1.54) is 0 Å². The van der Waals surface area contributed by atoms with Crippen molar-refractivity contribution < 1.29 is 13.9 Å². The molecule has 1 aromatic carbocycles. The number of hydrogen-bond acceptors (Lipinski definition) is 2. The first-order valence-corrected chi connectivity index (χ1v) is 2.54. The van der Waals surface area contributed by atoms with Gasteiger partial charge in [0.05, 0.1) is 5.69 Å². The van der Waals surface area contributed by atoms with Crippen LogP contribution in [0.4, 0.5) is 14.5 Å². The monoisotopic (exact) mass is 181 g/mol. The van der Waals surface area contributed by atoms with Crippen molar-refractivity contribution in [2.45, 2.75) is 0 Å². The van der Waals surface area contributed by atoms with E-state index in [1.807, 2.05) is 0 Å². The van der Waals surface area contributed by atoms with Crippen molar-refractivity contribution in [2.24, 2.45) is 0 Å². The van der Waals surface area contributed by atoms with Gasteiger partial charge in [0.25, 0.3) is 0 Å². The van der Waals surface area contributed by atoms with Gasteiger partial charge in [-0.25, -0.2) is 8.78 Å². The second-order valence-corrected chi connectivity index (χ2v) is 1.83. The van der Waals surface area contributed by atoms with Crippen LogP contribution < -0.4 is 5.73 Å². The molecule has 3 N–H and O–H groups in total. The average molecular weight is 182 g/mol. The van der Waals surface area contributed by atoms with Gasteiger partial charge in [0, 0.05) is 12.1 Å². The second-order valence-electron chi connectivity index (χ2n) is 1.83. The van der Waals surface area contributed by atoms with Crippen molar-refractivity contribution >= 4 is 18.1 Å². The molecule has 0 saturated heterocycles. The standard InChI is InChI=1S/C6H5F2NO.ClH/c7-3-2-6(10)4(8)1-5(3)9;/h1-2,10H,9H2;1H. The number of phenolic OH excluding ortho intramolecular Hbond substituents is 1. The number of halogens is 3. The van der Waals surface area contributed by atoms with Crippen molar-refractivity contribution in [2.75, 3.05) is 5.73 Å². The van der Waals surface area contributed by atoms with Crippen LogP contribution in [0.2, 0.25) is 0 Å². The van der Waals surface area contributed by atoms with E-state index in [-0.39, 0.29) is 18.1 Å². The maximum atomic E-state index is 12.3. The Morgan fingerprint density at radius 2 is 1.73 bits per heavy atom. The highest BCUT2D eigenvalue weighted by Crippen LogP contribution is 2.20. The van der Waals surface area contributed by atoms with Gasteiger partial charge in [0.2, 0.25) is 0 Å². The van der Waals surface area contributed by atoms with Crippen molar-refractivity contribution in [3.8, 4) is 5.75 Å². The lowest BCUT2D eigenvalue weighted by Gasteiger charge is -1.97. The van der Waals surface area contributed by atoms with E-state index in [2.05, 4.69) is 0 Å². The Labute approximate surface area is 68.0 Å². The fourth-order valence-corrected chi connectivity index (χ4v) is 0.552. The molecule has 0 aromatic heterocycles. The van der Waals surface area contributed by atoms with E-state index < -0.39 is 17.4 Å². The summed E-state index contributed by atoms with van der Waals surface area (Å²) >= 11 is 0. The molecule has 0 aliphatic heterocycles. The summed E-state index contributed by atoms with van der Waals surface area (Å²) in [5.41, 5.74) is 4.65. The highest BCUT2D eigenvalue weighted by atomic mass is 35.5. The molecule has 5 heteroatoms. The summed E-state index contributed by atoms with van der Waals surface area (Å²) in [5.74, 6) is -2.47. The highest BCUT2D eigenvalue weighted by Gasteiger charge is 2.04. The lowest BCUT2D eigenvalue weighted by Crippen LogP contribution is -1.91. The molecule has 11 heavy (non-hydrogen) atoms. The van der Waals surface area contributed by atoms with Crippen molar-refractivity contribution in [1.82, 2.24) is 0 Å². The zero-order valence-corrected chi connectivity index (χ0v) is 6.16. The smallest absolute Gasteiger partial charge is 0.167 e. The summed E-state index contributed by atoms with van der Waals surface area (Å²) in [6.07, 6.45) is 0. The number of benzene rings is 1. The molecule has 0 aliphatic rings. The van der Waals surface area contributed by atoms with Gasteiger partial charge < -0.3 is 10.8 Å². The van der Waals surface area contributed by atoms with E-state index in [0.717, 1.165) is 6.07 Å². The topological polar surface area (TPSA) is 46.2 Å². The van der Waals surface area contributed by atoms with Gasteiger partial charge in [0.1, 0.15) is 5.82 Å². The van der Waals surface area contributed by atoms with Crippen LogP contribution in [0.25, 0.3) is 0 Å². The van der Waals surface area contributed by atoms with Gasteiger partial charge >= 0.3 is 0 Å². The van der Waals surface area contributed by atoms with Crippen LogP contribution in [0.1, 0.15) is 0 Å². The van der Waals surface area contributed by atoms with E-state index in [0.29, 0.717) is 6.07 Å². The molecule has 62 valence electrons. The molecular formula is C6H6ClF2NO. The predicted octanol–water partition coefficient (Wildman–Crippen LogP) is 1.67. The SMILES string of the molecule is Cl.Nc1cc(F)c(O)cc1F. The molecule has 0 spiro atoms. The van der Waals surface area contributed by atoms with Crippen LogP contribution in [-0.4, -0.2) is 5.11 Å². The van der Waals surface area contributed by atoms with E-state index in [4.69, 9.17) is 10.8 Å². The number of nitrogen functional groups attached to an aromatic ring is 1. The summed E-state index contributed by atoms with van der Waals surface area (Å²) in [4.78, 5) is 0. The molecule has 0 aliphatic carbocycles. The van der Waals surface area contributed by atoms with Crippen molar-refractivity contribution in [3.63, 3.8) is 0 Å². The Hall–Kier alpha value is -1.03. The summed E-state index contributed by atoms with van der Waals surface area (Å²) in [6, 6.07) is 1.36. The molecule has 0 amide bonds. The van der Waals surface area contributed by atoms with Crippen LogP contribution in [0.3, 0.4) is 0 Å². The zero-order chi connectivity index (χ0) is 7.72. The quantitative estimate of drug-likeness (QED) is 0.473. The molecule has 0 bridgehead atoms. The van der Waals surface area contributed by atoms with Crippen molar-refractivity contribution in [3.05, 3.63) is 23.8 Å². The van der Waals surface area contributed by atoms with Crippen LogP contribution in [0.5, 0.6) is 5.75 Å². The molecular weight excluding hydrogens is 176 g/mol. The van der Waals surface area contributed by atoms with Gasteiger partial charge in [-0.05, 0) is 0 Å². The van der Waals surface area contributed by atoms with Gasteiger partial charge in [-0.2, -0.15) is 0 Å². The summed E-state index contributed by atoms with van der Waals surface area (Å²) in [5, 5.41) is 8.55. The largest absolute Gasteiger partial charge is 0.505 e. The number of hydrogen-bond donors (Lipinski definition) is 2. The summed E-state index contributed by atoms with van der Waals surface area (Å²) in [7, 11) is 0. The van der Waals surface area contributed by atoms with Crippen LogP contribution >= 0.6 is 12.4 Å². The first kappa shape index (κ1) is 9.97. The molecule has 0 atom stereocenters. The fraction of sp³-hybridized carbons (Fsp3) is 0. The number of phenols is 1.